The number of hydrogen-bond acceptors (Lipinski definition) is 4. The van der Waals surface area contributed by atoms with Crippen molar-refractivity contribution in [2.45, 2.75) is 0 Å². The molecule has 2 aromatic rings. The van der Waals surface area contributed by atoms with E-state index in [2.05, 4.69) is 9.97 Å². The molecular formula is C10H10N4O. The first-order chi connectivity index (χ1) is 7.22. The molecule has 0 saturated heterocycles. The van der Waals surface area contributed by atoms with Crippen molar-refractivity contribution in [1.82, 2.24) is 9.97 Å². The van der Waals surface area contributed by atoms with E-state index >= 15 is 0 Å². The van der Waals surface area contributed by atoms with Crippen LogP contribution in [0.15, 0.2) is 35.5 Å². The number of aromatic nitrogens is 2. The molecular weight excluding hydrogens is 192 g/mol. The molecule has 0 saturated carbocycles. The number of rotatable bonds is 1. The number of aromatic amines is 1. The van der Waals surface area contributed by atoms with E-state index in [0.29, 0.717) is 11.1 Å². The molecule has 2 aromatic heterocycles. The normalized spacial score (nSPS) is 11.9. The Morgan fingerprint density at radius 2 is 2.33 bits per heavy atom. The van der Waals surface area contributed by atoms with Crippen LogP contribution in [0.2, 0.25) is 0 Å². The summed E-state index contributed by atoms with van der Waals surface area (Å²) in [5, 5.41) is 0.865. The van der Waals surface area contributed by atoms with Gasteiger partial charge in [0.05, 0.1) is 23.0 Å². The second kappa shape index (κ2) is 3.45. The first-order valence-electron chi connectivity index (χ1n) is 4.37. The Balaban J connectivity index is 2.78. The number of nitrogens with one attached hydrogen (secondary N) is 1. The van der Waals surface area contributed by atoms with Crippen LogP contribution in [0.5, 0.6) is 0 Å². The number of nitrogens with two attached hydrogens (primary N) is 2. The quantitative estimate of drug-likeness (QED) is 0.612. The largest absolute Gasteiger partial charge is 0.403 e. The number of nitrogens with zero attached hydrogens (tertiary/aromatic N) is 1. The highest BCUT2D eigenvalue weighted by atomic mass is 16.1. The average molecular weight is 202 g/mol. The number of pyridine rings is 2. The predicted molar refractivity (Wildman–Crippen MR) is 58.7 cm³/mol. The molecule has 0 aliphatic rings. The number of H-pyrrole nitrogens is 1. The van der Waals surface area contributed by atoms with Crippen LogP contribution in [0.25, 0.3) is 16.6 Å². The van der Waals surface area contributed by atoms with Crippen molar-refractivity contribution >= 4 is 16.6 Å². The van der Waals surface area contributed by atoms with Crippen LogP contribution < -0.4 is 17.0 Å². The first-order valence-corrected chi connectivity index (χ1v) is 4.37. The molecule has 0 fully saturated rings. The molecule has 15 heavy (non-hydrogen) atoms. The summed E-state index contributed by atoms with van der Waals surface area (Å²) in [5.41, 5.74) is 11.9. The van der Waals surface area contributed by atoms with E-state index in [1.54, 1.807) is 24.5 Å². The van der Waals surface area contributed by atoms with Crippen molar-refractivity contribution in [2.75, 3.05) is 0 Å². The lowest BCUT2D eigenvalue weighted by Crippen LogP contribution is -2.15. The zero-order valence-electron chi connectivity index (χ0n) is 7.90. The molecule has 0 aliphatic carbocycles. The summed E-state index contributed by atoms with van der Waals surface area (Å²) in [6.07, 6.45) is 4.44. The van der Waals surface area contributed by atoms with Gasteiger partial charge in [-0.2, -0.15) is 0 Å². The van der Waals surface area contributed by atoms with Crippen molar-refractivity contribution in [3.05, 3.63) is 46.6 Å². The molecule has 0 aliphatic heterocycles. The minimum Gasteiger partial charge on any atom is -0.403 e. The van der Waals surface area contributed by atoms with Crippen molar-refractivity contribution < 1.29 is 0 Å². The van der Waals surface area contributed by atoms with Crippen molar-refractivity contribution in [3.8, 4) is 0 Å². The second-order valence-corrected chi connectivity index (χ2v) is 3.10. The van der Waals surface area contributed by atoms with Gasteiger partial charge in [0.15, 0.2) is 0 Å². The van der Waals surface area contributed by atoms with Crippen LogP contribution in [-0.4, -0.2) is 9.97 Å². The molecule has 0 bridgehead atoms. The van der Waals surface area contributed by atoms with E-state index in [0.717, 1.165) is 5.39 Å². The molecule has 0 radical (unpaired) electrons. The minimum absolute atomic E-state index is 0.259. The third-order valence-electron chi connectivity index (χ3n) is 2.14. The van der Waals surface area contributed by atoms with Gasteiger partial charge in [0, 0.05) is 17.8 Å². The maximum Gasteiger partial charge on any atom is 0.257 e. The van der Waals surface area contributed by atoms with Crippen molar-refractivity contribution in [1.29, 1.82) is 0 Å². The van der Waals surface area contributed by atoms with Gasteiger partial charge in [0.25, 0.3) is 5.56 Å². The lowest BCUT2D eigenvalue weighted by Gasteiger charge is -2.01. The third kappa shape index (κ3) is 1.54. The van der Waals surface area contributed by atoms with E-state index in [1.165, 1.54) is 6.20 Å². The van der Waals surface area contributed by atoms with Crippen LogP contribution in [0, 0.1) is 0 Å². The van der Waals surface area contributed by atoms with Crippen molar-refractivity contribution in [3.63, 3.8) is 0 Å². The first kappa shape index (κ1) is 9.26. The molecule has 5 heteroatoms. The zero-order valence-corrected chi connectivity index (χ0v) is 7.90. The SMILES string of the molecule is N/C=C(\N)c1cc2ccncc2[nH]c1=O. The van der Waals surface area contributed by atoms with E-state index in [9.17, 15) is 4.79 Å². The standard InChI is InChI=1S/C10H10N4O/c11-4-8(12)7-3-6-1-2-13-5-9(6)14-10(7)15/h1-5H,11-12H2,(H,14,15)/b8-4-. The second-order valence-electron chi connectivity index (χ2n) is 3.10. The highest BCUT2D eigenvalue weighted by Gasteiger charge is 2.04. The highest BCUT2D eigenvalue weighted by molar-refractivity contribution is 5.81. The van der Waals surface area contributed by atoms with Crippen molar-refractivity contribution in [2.24, 2.45) is 11.5 Å². The molecule has 2 heterocycles. The number of fused-ring (bicyclic) bond motifs is 1. The fraction of sp³-hybridized carbons (Fsp3) is 0. The Morgan fingerprint density at radius 1 is 1.53 bits per heavy atom. The monoisotopic (exact) mass is 202 g/mol. The smallest absolute Gasteiger partial charge is 0.257 e. The molecule has 76 valence electrons. The summed E-state index contributed by atoms with van der Waals surface area (Å²) in [5.74, 6) is 0. The number of hydrogen-bond donors (Lipinski definition) is 3. The maximum atomic E-state index is 11.6. The summed E-state index contributed by atoms with van der Waals surface area (Å²) in [6.45, 7) is 0. The van der Waals surface area contributed by atoms with Crippen LogP contribution >= 0.6 is 0 Å². The Labute approximate surface area is 85.4 Å². The van der Waals surface area contributed by atoms with E-state index in [1.807, 2.05) is 0 Å². The Kier molecular flexibility index (Phi) is 2.13. The van der Waals surface area contributed by atoms with Gasteiger partial charge in [-0.3, -0.25) is 9.78 Å². The van der Waals surface area contributed by atoms with Crippen LogP contribution in [0.1, 0.15) is 5.56 Å². The molecule has 0 unspecified atom stereocenters. The Bertz CT molecular complexity index is 585. The molecule has 5 nitrogen and oxygen atoms in total. The van der Waals surface area contributed by atoms with Gasteiger partial charge in [-0.05, 0) is 12.1 Å². The van der Waals surface area contributed by atoms with Gasteiger partial charge < -0.3 is 16.5 Å². The van der Waals surface area contributed by atoms with E-state index < -0.39 is 0 Å². The predicted octanol–water partition coefficient (Wildman–Crippen LogP) is 0.139. The molecule has 5 N–H and O–H groups in total. The Morgan fingerprint density at radius 3 is 3.07 bits per heavy atom. The summed E-state index contributed by atoms with van der Waals surface area (Å²) in [7, 11) is 0. The van der Waals surface area contributed by atoms with Gasteiger partial charge >= 0.3 is 0 Å². The maximum absolute atomic E-state index is 11.6. The Hall–Kier alpha value is -2.30. The molecule has 0 spiro atoms. The fourth-order valence-corrected chi connectivity index (χ4v) is 1.35. The molecule has 0 atom stereocenters. The van der Waals surface area contributed by atoms with Gasteiger partial charge in [-0.1, -0.05) is 0 Å². The van der Waals surface area contributed by atoms with E-state index in [4.69, 9.17) is 11.5 Å². The zero-order chi connectivity index (χ0) is 10.8. The van der Waals surface area contributed by atoms with Crippen LogP contribution in [0.4, 0.5) is 0 Å². The highest BCUT2D eigenvalue weighted by Crippen LogP contribution is 2.11. The topological polar surface area (TPSA) is 97.8 Å². The fourth-order valence-electron chi connectivity index (χ4n) is 1.35. The lowest BCUT2D eigenvalue weighted by atomic mass is 10.1. The van der Waals surface area contributed by atoms with Gasteiger partial charge in [0.1, 0.15) is 0 Å². The third-order valence-corrected chi connectivity index (χ3v) is 2.14. The molecule has 0 aromatic carbocycles. The minimum atomic E-state index is -0.269. The summed E-state index contributed by atoms with van der Waals surface area (Å²) >= 11 is 0. The lowest BCUT2D eigenvalue weighted by molar-refractivity contribution is 1.24. The summed E-state index contributed by atoms with van der Waals surface area (Å²) in [4.78, 5) is 18.2. The summed E-state index contributed by atoms with van der Waals surface area (Å²) < 4.78 is 0. The van der Waals surface area contributed by atoms with Gasteiger partial charge in [-0.15, -0.1) is 0 Å². The van der Waals surface area contributed by atoms with Gasteiger partial charge in [-0.25, -0.2) is 0 Å². The average Bonchev–Trinajstić information content (AvgIpc) is 2.27. The summed E-state index contributed by atoms with van der Waals surface area (Å²) in [6, 6.07) is 3.48. The van der Waals surface area contributed by atoms with Crippen LogP contribution in [-0.2, 0) is 0 Å². The van der Waals surface area contributed by atoms with Gasteiger partial charge in [0.2, 0.25) is 0 Å². The molecule has 2 rings (SSSR count). The van der Waals surface area contributed by atoms with E-state index in [-0.39, 0.29) is 11.3 Å². The van der Waals surface area contributed by atoms with Crippen LogP contribution in [0.3, 0.4) is 0 Å². The molecule has 0 amide bonds.